The van der Waals surface area contributed by atoms with Crippen molar-refractivity contribution in [2.45, 2.75) is 58.4 Å². The van der Waals surface area contributed by atoms with Gasteiger partial charge in [-0.25, -0.2) is 13.4 Å². The van der Waals surface area contributed by atoms with Crippen molar-refractivity contribution in [1.82, 2.24) is 18.8 Å². The Hall–Kier alpha value is -1.97. The maximum absolute atomic E-state index is 13.0. The molecule has 0 bridgehead atoms. The number of nitrogens with zero attached hydrogens (tertiary/aromatic N) is 4. The highest BCUT2D eigenvalue weighted by Gasteiger charge is 2.27. The lowest BCUT2D eigenvalue weighted by Crippen LogP contribution is -2.40. The summed E-state index contributed by atoms with van der Waals surface area (Å²) < 4.78 is 34.8. The number of benzene rings is 1. The molecule has 1 aromatic carbocycles. The van der Waals surface area contributed by atoms with Crippen LogP contribution < -0.4 is 0 Å². The van der Waals surface area contributed by atoms with Gasteiger partial charge in [-0.05, 0) is 38.0 Å². The Kier molecular flexibility index (Phi) is 8.30. The van der Waals surface area contributed by atoms with Gasteiger partial charge in [0, 0.05) is 45.6 Å². The van der Waals surface area contributed by atoms with Gasteiger partial charge in [-0.2, -0.15) is 4.31 Å². The van der Waals surface area contributed by atoms with Crippen LogP contribution in [0, 0.1) is 5.92 Å². The van der Waals surface area contributed by atoms with E-state index in [9.17, 15) is 13.2 Å². The van der Waals surface area contributed by atoms with Crippen LogP contribution in [-0.2, 0) is 32.5 Å². The lowest BCUT2D eigenvalue weighted by atomic mass is 10.1. The summed E-state index contributed by atoms with van der Waals surface area (Å²) in [5.41, 5.74) is 1.54. The number of hydrogen-bond donors (Lipinski definition) is 0. The largest absolute Gasteiger partial charge is 0.379 e. The number of aromatic nitrogens is 2. The van der Waals surface area contributed by atoms with Gasteiger partial charge in [0.1, 0.15) is 5.82 Å². The quantitative estimate of drug-likeness (QED) is 0.540. The molecule has 9 heteroatoms. The second-order valence-electron chi connectivity index (χ2n) is 8.39. The zero-order chi connectivity index (χ0) is 23.3. The molecule has 178 valence electrons. The number of morpholine rings is 1. The van der Waals surface area contributed by atoms with Crippen LogP contribution >= 0.6 is 0 Å². The Morgan fingerprint density at radius 1 is 1.22 bits per heavy atom. The molecule has 1 atom stereocenters. The second kappa shape index (κ2) is 10.8. The molecular formula is C23H36N4O4S. The Bertz CT molecular complexity index is 1030. The van der Waals surface area contributed by atoms with Gasteiger partial charge in [0.05, 0.1) is 29.1 Å². The molecule has 0 aliphatic carbocycles. The lowest BCUT2D eigenvalue weighted by Gasteiger charge is -2.26. The van der Waals surface area contributed by atoms with E-state index in [1.54, 1.807) is 12.1 Å². The number of carbonyl (C=O) groups excluding carboxylic acids is 1. The highest BCUT2D eigenvalue weighted by molar-refractivity contribution is 7.89. The van der Waals surface area contributed by atoms with Gasteiger partial charge in [0.25, 0.3) is 0 Å². The van der Waals surface area contributed by atoms with Crippen molar-refractivity contribution in [2.75, 3.05) is 39.4 Å². The van der Waals surface area contributed by atoms with Gasteiger partial charge in [0.2, 0.25) is 15.9 Å². The first-order valence-corrected chi connectivity index (χ1v) is 13.1. The summed E-state index contributed by atoms with van der Waals surface area (Å²) >= 11 is 0. The molecule has 1 amide bonds. The molecule has 1 saturated heterocycles. The summed E-state index contributed by atoms with van der Waals surface area (Å²) in [6.07, 6.45) is 1.97. The average Bonchev–Trinajstić information content (AvgIpc) is 3.17. The highest BCUT2D eigenvalue weighted by atomic mass is 32.2. The van der Waals surface area contributed by atoms with E-state index in [1.807, 2.05) is 24.8 Å². The fraction of sp³-hybridized carbons (Fsp3) is 0.652. The average molecular weight is 465 g/mol. The Morgan fingerprint density at radius 2 is 1.94 bits per heavy atom. The number of sulfonamides is 1. The molecule has 1 aliphatic rings. The summed E-state index contributed by atoms with van der Waals surface area (Å²) in [6.45, 7) is 12.1. The fourth-order valence-electron chi connectivity index (χ4n) is 4.09. The summed E-state index contributed by atoms with van der Waals surface area (Å²) in [6, 6.07) is 5.13. The van der Waals surface area contributed by atoms with Crippen LogP contribution in [0.15, 0.2) is 23.1 Å². The minimum Gasteiger partial charge on any atom is -0.379 e. The standard InChI is InChI=1S/C23H36N4O4S/c1-5-18(4)17-25(6-2)23(28)11-10-22-24-20-16-19(8-9-21(20)27(22)7-3)32(29,30)26-12-14-31-15-13-26/h8-9,16,18H,5-7,10-15,17H2,1-4H3. The first-order valence-electron chi connectivity index (χ1n) is 11.7. The van der Waals surface area contributed by atoms with Crippen LogP contribution in [-0.4, -0.2) is 72.5 Å². The molecule has 2 aromatic rings. The molecule has 0 spiro atoms. The van der Waals surface area contributed by atoms with E-state index in [0.717, 1.165) is 24.3 Å². The van der Waals surface area contributed by atoms with Gasteiger partial charge in [-0.15, -0.1) is 0 Å². The van der Waals surface area contributed by atoms with Crippen molar-refractivity contribution in [2.24, 2.45) is 5.92 Å². The lowest BCUT2D eigenvalue weighted by molar-refractivity contribution is -0.131. The zero-order valence-electron chi connectivity index (χ0n) is 19.7. The van der Waals surface area contributed by atoms with Crippen molar-refractivity contribution < 1.29 is 17.9 Å². The molecule has 1 fully saturated rings. The maximum atomic E-state index is 13.0. The Balaban J connectivity index is 1.80. The topological polar surface area (TPSA) is 84.7 Å². The minimum absolute atomic E-state index is 0.137. The van der Waals surface area contributed by atoms with Crippen LogP contribution in [0.2, 0.25) is 0 Å². The summed E-state index contributed by atoms with van der Waals surface area (Å²) in [5, 5.41) is 0. The molecule has 3 rings (SSSR count). The Morgan fingerprint density at radius 3 is 2.56 bits per heavy atom. The van der Waals surface area contributed by atoms with E-state index in [0.29, 0.717) is 63.7 Å². The van der Waals surface area contributed by atoms with E-state index >= 15 is 0 Å². The fourth-order valence-corrected chi connectivity index (χ4v) is 5.52. The Labute approximate surface area is 191 Å². The molecule has 32 heavy (non-hydrogen) atoms. The molecule has 0 radical (unpaired) electrons. The van der Waals surface area contributed by atoms with Crippen LogP contribution in [0.25, 0.3) is 11.0 Å². The summed E-state index contributed by atoms with van der Waals surface area (Å²) in [7, 11) is -3.58. The predicted molar refractivity (Wildman–Crippen MR) is 125 cm³/mol. The van der Waals surface area contributed by atoms with Crippen LogP contribution in [0.3, 0.4) is 0 Å². The van der Waals surface area contributed by atoms with Crippen LogP contribution in [0.4, 0.5) is 0 Å². The smallest absolute Gasteiger partial charge is 0.243 e. The van der Waals surface area contributed by atoms with Crippen LogP contribution in [0.1, 0.15) is 46.4 Å². The highest BCUT2D eigenvalue weighted by Crippen LogP contribution is 2.24. The number of amides is 1. The van der Waals surface area contributed by atoms with Crippen molar-refractivity contribution in [3.63, 3.8) is 0 Å². The monoisotopic (exact) mass is 464 g/mol. The summed E-state index contributed by atoms with van der Waals surface area (Å²) in [5.74, 6) is 1.43. The molecular weight excluding hydrogens is 428 g/mol. The molecule has 8 nitrogen and oxygen atoms in total. The molecule has 0 saturated carbocycles. The van der Waals surface area contributed by atoms with E-state index in [1.165, 1.54) is 4.31 Å². The number of ether oxygens (including phenoxy) is 1. The number of aryl methyl sites for hydroxylation is 2. The van der Waals surface area contributed by atoms with Gasteiger partial charge in [-0.1, -0.05) is 20.3 Å². The number of fused-ring (bicyclic) bond motifs is 1. The van der Waals surface area contributed by atoms with E-state index in [2.05, 4.69) is 18.4 Å². The van der Waals surface area contributed by atoms with E-state index < -0.39 is 10.0 Å². The van der Waals surface area contributed by atoms with E-state index in [-0.39, 0.29) is 10.8 Å². The first-order chi connectivity index (χ1) is 15.3. The van der Waals surface area contributed by atoms with Gasteiger partial charge in [-0.3, -0.25) is 4.79 Å². The zero-order valence-corrected chi connectivity index (χ0v) is 20.5. The number of carbonyl (C=O) groups is 1. The van der Waals surface area contributed by atoms with Crippen molar-refractivity contribution in [3.8, 4) is 0 Å². The van der Waals surface area contributed by atoms with Gasteiger partial charge < -0.3 is 14.2 Å². The molecule has 0 N–H and O–H groups in total. The molecule has 1 aromatic heterocycles. The predicted octanol–water partition coefficient (Wildman–Crippen LogP) is 2.90. The third-order valence-corrected chi connectivity index (χ3v) is 8.14. The normalized spacial score (nSPS) is 16.4. The molecule has 2 heterocycles. The minimum atomic E-state index is -3.58. The third kappa shape index (κ3) is 5.32. The number of hydrogen-bond acceptors (Lipinski definition) is 5. The van der Waals surface area contributed by atoms with Gasteiger partial charge in [0.15, 0.2) is 0 Å². The number of rotatable bonds is 10. The van der Waals surface area contributed by atoms with E-state index in [4.69, 9.17) is 9.72 Å². The van der Waals surface area contributed by atoms with Gasteiger partial charge >= 0.3 is 0 Å². The third-order valence-electron chi connectivity index (χ3n) is 6.25. The number of imidazole rings is 1. The summed E-state index contributed by atoms with van der Waals surface area (Å²) in [4.78, 5) is 19.7. The van der Waals surface area contributed by atoms with Crippen molar-refractivity contribution in [1.29, 1.82) is 0 Å². The molecule has 1 aliphatic heterocycles. The SMILES string of the molecule is CCC(C)CN(CC)C(=O)CCc1nc2cc(S(=O)(=O)N3CCOCC3)ccc2n1CC. The first kappa shape index (κ1) is 24.7. The molecule has 1 unspecified atom stereocenters. The second-order valence-corrected chi connectivity index (χ2v) is 10.3. The van der Waals surface area contributed by atoms with Crippen LogP contribution in [0.5, 0.6) is 0 Å². The maximum Gasteiger partial charge on any atom is 0.243 e. The van der Waals surface area contributed by atoms with Crippen molar-refractivity contribution >= 4 is 27.0 Å². The van der Waals surface area contributed by atoms with Crippen molar-refractivity contribution in [3.05, 3.63) is 24.0 Å².